The molecule has 0 bridgehead atoms. The molecule has 0 aromatic rings. The average molecular weight is 1010 g/mol. The van der Waals surface area contributed by atoms with Gasteiger partial charge in [0.25, 0.3) is 5.91 Å². The predicted molar refractivity (Wildman–Crippen MR) is 286 cm³/mol. The van der Waals surface area contributed by atoms with E-state index in [1.54, 1.807) is 51.1 Å². The summed E-state index contributed by atoms with van der Waals surface area (Å²) in [6, 6.07) is 0. The van der Waals surface area contributed by atoms with Gasteiger partial charge in [0.05, 0.1) is 43.4 Å². The van der Waals surface area contributed by atoms with Crippen LogP contribution in [0.2, 0.25) is 54.4 Å². The fourth-order valence-electron chi connectivity index (χ4n) is 7.66. The molecule has 0 aliphatic heterocycles. The standard InChI is InChI=1S/C52H101N3O10Si3/c1-27-28-29-34(2)44(62-49(53)60)38(6)46(65-68(25,26)52(15,16)17)39(7)47(58)54(18)33-36(4)43(63-66(21,22)50(9,10)11)35(3)30-31-41(56)32-42(57)37(5)45(40(8)48(59)55(19)61-20)64-67(23,24)51(12,13)14/h27-31,34-41,43-46,56H,1,32-33H2,2-26H3,(H2,53,60)/b29-28-,31-30-/t34-,35-,36-,37+,38+,39+,40-,41+,43-,44-,45-,46-/m0/s1. The van der Waals surface area contributed by atoms with Gasteiger partial charge in [-0.05, 0) is 66.2 Å². The number of ketones is 1. The minimum atomic E-state index is -2.47. The SMILES string of the molecule is C=C/C=C\[C@H](C)[C@H](OC(N)=O)[C@@H](C)[C@H](O[Si](C)(C)C(C)(C)C)[C@@H](C)C(=O)N(C)C[C@H](C)[C@@H](O[Si](C)(C)C(C)(C)C)[C@@H](C)/C=C\[C@@H](O)CC(=O)[C@@H](C)[C@H](O[Si](C)(C)C(C)(C)C)[C@H](C)C(=O)N(C)OC. The Morgan fingerprint density at radius 1 is 0.632 bits per heavy atom. The molecule has 13 nitrogen and oxygen atoms in total. The highest BCUT2D eigenvalue weighted by atomic mass is 28.4. The van der Waals surface area contributed by atoms with E-state index in [4.69, 9.17) is 28.6 Å². The largest absolute Gasteiger partial charge is 0.445 e. The summed E-state index contributed by atoms with van der Waals surface area (Å²) in [5.74, 6) is -3.64. The van der Waals surface area contributed by atoms with Crippen LogP contribution in [0, 0.1) is 41.4 Å². The Labute approximate surface area is 418 Å². The molecule has 3 amide bonds. The number of hydrogen-bond donors (Lipinski definition) is 2. The van der Waals surface area contributed by atoms with E-state index >= 15 is 0 Å². The maximum atomic E-state index is 14.7. The average Bonchev–Trinajstić information content (AvgIpc) is 3.20. The van der Waals surface area contributed by atoms with Crippen LogP contribution in [0.25, 0.3) is 0 Å². The number of allylic oxidation sites excluding steroid dienone is 2. The highest BCUT2D eigenvalue weighted by Crippen LogP contribution is 2.43. The normalized spacial score (nSPS) is 18.9. The van der Waals surface area contributed by atoms with Gasteiger partial charge < -0.3 is 33.8 Å². The van der Waals surface area contributed by atoms with Gasteiger partial charge in [-0.25, -0.2) is 9.86 Å². The number of carbonyl (C=O) groups excluding carboxylic acids is 4. The summed E-state index contributed by atoms with van der Waals surface area (Å²) in [5, 5.41) is 12.1. The van der Waals surface area contributed by atoms with E-state index in [0.717, 1.165) is 5.06 Å². The number of aliphatic hydroxyl groups excluding tert-OH is 1. The van der Waals surface area contributed by atoms with Crippen molar-refractivity contribution in [1.29, 1.82) is 0 Å². The van der Waals surface area contributed by atoms with Crippen molar-refractivity contribution in [2.45, 2.75) is 202 Å². The highest BCUT2D eigenvalue weighted by molar-refractivity contribution is 6.75. The molecule has 0 unspecified atom stereocenters. The molecule has 0 spiro atoms. The third-order valence-electron chi connectivity index (χ3n) is 15.5. The summed E-state index contributed by atoms with van der Waals surface area (Å²) in [6.45, 7) is 49.9. The van der Waals surface area contributed by atoms with Gasteiger partial charge in [0, 0.05) is 44.8 Å². The minimum Gasteiger partial charge on any atom is -0.445 e. The van der Waals surface area contributed by atoms with E-state index in [0.29, 0.717) is 6.54 Å². The van der Waals surface area contributed by atoms with Crippen LogP contribution >= 0.6 is 0 Å². The van der Waals surface area contributed by atoms with Gasteiger partial charge in [-0.15, -0.1) is 0 Å². The summed E-state index contributed by atoms with van der Waals surface area (Å²) in [6.07, 6.45) is 4.45. The second-order valence-corrected chi connectivity index (χ2v) is 38.6. The lowest BCUT2D eigenvalue weighted by molar-refractivity contribution is -0.177. The van der Waals surface area contributed by atoms with E-state index in [-0.39, 0.29) is 63.0 Å². The molecule has 16 heteroatoms. The number of nitrogens with two attached hydrogens (primary N) is 1. The predicted octanol–water partition coefficient (Wildman–Crippen LogP) is 11.2. The van der Waals surface area contributed by atoms with Crippen LogP contribution in [-0.2, 0) is 37.2 Å². The maximum absolute atomic E-state index is 14.7. The Hall–Kier alpha value is -2.45. The first kappa shape index (κ1) is 65.6. The maximum Gasteiger partial charge on any atom is 0.404 e. The third kappa shape index (κ3) is 18.9. The van der Waals surface area contributed by atoms with Crippen molar-refractivity contribution in [2.24, 2.45) is 47.2 Å². The number of ether oxygens (including phenoxy) is 1. The molecule has 0 aliphatic carbocycles. The number of hydrogen-bond acceptors (Lipinski definition) is 10. The second-order valence-electron chi connectivity index (χ2n) is 24.3. The van der Waals surface area contributed by atoms with Crippen molar-refractivity contribution in [3.63, 3.8) is 0 Å². The summed E-state index contributed by atoms with van der Waals surface area (Å²) >= 11 is 0. The van der Waals surface area contributed by atoms with Crippen LogP contribution in [-0.4, -0.2) is 122 Å². The van der Waals surface area contributed by atoms with Crippen molar-refractivity contribution in [2.75, 3.05) is 27.7 Å². The summed E-state index contributed by atoms with van der Waals surface area (Å²) in [7, 11) is -2.51. The van der Waals surface area contributed by atoms with Crippen molar-refractivity contribution in [3.05, 3.63) is 37.0 Å². The fraction of sp³-hybridized carbons (Fsp3) is 0.808. The second kappa shape index (κ2) is 26.3. The molecule has 68 heavy (non-hydrogen) atoms. The number of rotatable bonds is 27. The number of hydroxylamine groups is 2. The van der Waals surface area contributed by atoms with Gasteiger partial charge in [0.2, 0.25) is 5.91 Å². The minimum absolute atomic E-state index is 0.113. The third-order valence-corrected chi connectivity index (χ3v) is 28.9. The molecule has 12 atom stereocenters. The molecular weight excluding hydrogens is 911 g/mol. The van der Waals surface area contributed by atoms with Crippen LogP contribution < -0.4 is 5.73 Å². The number of Topliss-reactive ketones (excluding diaryl/α,β-unsaturated/α-hetero) is 1. The summed E-state index contributed by atoms with van der Waals surface area (Å²) in [5.41, 5.74) is 5.63. The van der Waals surface area contributed by atoms with Crippen LogP contribution in [0.3, 0.4) is 0 Å². The first-order valence-corrected chi connectivity index (χ1v) is 33.5. The van der Waals surface area contributed by atoms with Crippen molar-refractivity contribution >= 4 is 48.6 Å². The lowest BCUT2D eigenvalue weighted by Gasteiger charge is -2.45. The summed E-state index contributed by atoms with van der Waals surface area (Å²) < 4.78 is 26.8. The Kier molecular flexibility index (Phi) is 25.4. The van der Waals surface area contributed by atoms with Crippen LogP contribution in [0.4, 0.5) is 4.79 Å². The molecule has 0 aromatic carbocycles. The van der Waals surface area contributed by atoms with E-state index in [2.05, 4.69) is 115 Å². The number of primary amides is 1. The van der Waals surface area contributed by atoms with E-state index in [9.17, 15) is 24.3 Å². The van der Waals surface area contributed by atoms with Crippen molar-refractivity contribution < 1.29 is 47.1 Å². The Morgan fingerprint density at radius 3 is 1.46 bits per heavy atom. The number of aliphatic hydroxyl groups is 1. The monoisotopic (exact) mass is 1010 g/mol. The van der Waals surface area contributed by atoms with Crippen LogP contribution in [0.5, 0.6) is 0 Å². The van der Waals surface area contributed by atoms with Crippen LogP contribution in [0.1, 0.15) is 117 Å². The van der Waals surface area contributed by atoms with E-state index < -0.39 is 79.1 Å². The number of carbonyl (C=O) groups is 4. The fourth-order valence-corrected chi connectivity index (χ4v) is 12.0. The molecule has 0 saturated heterocycles. The molecule has 0 fully saturated rings. The smallest absolute Gasteiger partial charge is 0.404 e. The molecule has 396 valence electrons. The molecule has 0 aromatic heterocycles. The molecule has 0 saturated carbocycles. The van der Waals surface area contributed by atoms with E-state index in [1.165, 1.54) is 7.11 Å². The lowest BCUT2D eigenvalue weighted by atomic mass is 9.83. The zero-order chi connectivity index (χ0) is 53.9. The van der Waals surface area contributed by atoms with Crippen LogP contribution in [0.15, 0.2) is 37.0 Å². The van der Waals surface area contributed by atoms with Gasteiger partial charge in [0.15, 0.2) is 25.0 Å². The first-order valence-electron chi connectivity index (χ1n) is 24.8. The van der Waals surface area contributed by atoms with Crippen molar-refractivity contribution in [1.82, 2.24) is 9.96 Å². The van der Waals surface area contributed by atoms with Gasteiger partial charge >= 0.3 is 6.09 Å². The Bertz CT molecular complexity index is 1700. The molecule has 0 aliphatic rings. The highest BCUT2D eigenvalue weighted by Gasteiger charge is 2.48. The molecule has 0 rings (SSSR count). The number of nitrogens with zero attached hydrogens (tertiary/aromatic N) is 2. The zero-order valence-corrected chi connectivity index (χ0v) is 50.5. The summed E-state index contributed by atoms with van der Waals surface area (Å²) in [4.78, 5) is 61.3. The van der Waals surface area contributed by atoms with Gasteiger partial charge in [-0.1, -0.05) is 148 Å². The van der Waals surface area contributed by atoms with Gasteiger partial charge in [-0.2, -0.15) is 0 Å². The van der Waals surface area contributed by atoms with Gasteiger partial charge in [-0.3, -0.25) is 19.2 Å². The zero-order valence-electron chi connectivity index (χ0n) is 47.5. The van der Waals surface area contributed by atoms with E-state index in [1.807, 2.05) is 39.8 Å². The lowest BCUT2D eigenvalue weighted by Crippen LogP contribution is -2.54. The molecular formula is C52H101N3O10Si3. The molecule has 0 radical (unpaired) electrons. The quantitative estimate of drug-likeness (QED) is 0.0350. The molecule has 0 heterocycles. The Balaban J connectivity index is 6.92. The number of amides is 3. The topological polar surface area (TPSA) is 167 Å². The Morgan fingerprint density at radius 2 is 1.04 bits per heavy atom. The van der Waals surface area contributed by atoms with Crippen molar-refractivity contribution in [3.8, 4) is 0 Å². The first-order chi connectivity index (χ1) is 30.5. The van der Waals surface area contributed by atoms with Gasteiger partial charge in [0.1, 0.15) is 11.9 Å². The molecule has 3 N–H and O–H groups in total.